The lowest BCUT2D eigenvalue weighted by Crippen LogP contribution is -2.16. The minimum atomic E-state index is -0.833. The van der Waals surface area contributed by atoms with Gasteiger partial charge in [-0.25, -0.2) is 0 Å². The first kappa shape index (κ1) is 19.3. The second-order valence-corrected chi connectivity index (χ2v) is 4.71. The van der Waals surface area contributed by atoms with Gasteiger partial charge in [0.05, 0.1) is 6.10 Å². The summed E-state index contributed by atoms with van der Waals surface area (Å²) in [6, 6.07) is 0. The number of hydrogen-bond acceptors (Lipinski definition) is 3. The second-order valence-electron chi connectivity index (χ2n) is 4.71. The Labute approximate surface area is 111 Å². The van der Waals surface area contributed by atoms with Crippen LogP contribution in [0.2, 0.25) is 0 Å². The molecule has 2 atom stereocenters. The van der Waals surface area contributed by atoms with Gasteiger partial charge in [0.25, 0.3) is 5.97 Å². The monoisotopic (exact) mass is 260 g/mol. The molecule has 0 fully saturated rings. The third-order valence-corrected chi connectivity index (χ3v) is 2.32. The van der Waals surface area contributed by atoms with E-state index in [0.717, 1.165) is 32.6 Å². The van der Waals surface area contributed by atoms with E-state index in [1.54, 1.807) is 0 Å². The Hall–Kier alpha value is -1.06. The van der Waals surface area contributed by atoms with Crippen molar-refractivity contribution in [3.63, 3.8) is 0 Å². The van der Waals surface area contributed by atoms with Crippen LogP contribution in [0.4, 0.5) is 0 Å². The number of rotatable bonds is 7. The number of hydrogen-bond donors (Lipinski definition) is 1. The normalized spacial score (nSPS) is 12.9. The molecule has 2 unspecified atom stereocenters. The fraction of sp³-hybridized carbons (Fsp3) is 0.857. The Morgan fingerprint density at radius 3 is 1.94 bits per heavy atom. The van der Waals surface area contributed by atoms with Crippen LogP contribution in [-0.2, 0) is 14.3 Å². The molecule has 18 heavy (non-hydrogen) atoms. The largest absolute Gasteiger partial charge is 0.481 e. The maximum absolute atomic E-state index is 11.4. The van der Waals surface area contributed by atoms with E-state index in [4.69, 9.17) is 14.6 Å². The van der Waals surface area contributed by atoms with E-state index in [-0.39, 0.29) is 12.1 Å². The lowest BCUT2D eigenvalue weighted by molar-refractivity contribution is -0.149. The standard InChI is InChI=1S/C12H24O2.C2H4O2/c1-5-7-10(3)9-12(13)14-11(4)8-6-2;1-2(3)4/h10-11H,5-9H2,1-4H3;1H3,(H,3,4). The molecule has 0 amide bonds. The first-order chi connectivity index (χ1) is 8.33. The molecule has 0 aromatic carbocycles. The molecule has 4 nitrogen and oxygen atoms in total. The third kappa shape index (κ3) is 17.3. The molecule has 4 heteroatoms. The predicted molar refractivity (Wildman–Crippen MR) is 72.5 cm³/mol. The van der Waals surface area contributed by atoms with Crippen molar-refractivity contribution < 1.29 is 19.4 Å². The van der Waals surface area contributed by atoms with Gasteiger partial charge in [0, 0.05) is 13.3 Å². The molecular formula is C14H28O4. The van der Waals surface area contributed by atoms with Crippen LogP contribution in [0.1, 0.15) is 66.7 Å². The summed E-state index contributed by atoms with van der Waals surface area (Å²) in [5.41, 5.74) is 0. The SMILES string of the molecule is CC(=O)O.CCCC(C)CC(=O)OC(C)CCC. The lowest BCUT2D eigenvalue weighted by Gasteiger charge is -2.14. The fourth-order valence-corrected chi connectivity index (χ4v) is 1.62. The van der Waals surface area contributed by atoms with E-state index < -0.39 is 5.97 Å². The zero-order valence-corrected chi connectivity index (χ0v) is 12.4. The van der Waals surface area contributed by atoms with Gasteiger partial charge in [-0.05, 0) is 19.3 Å². The number of carboxylic acids is 1. The molecule has 0 aliphatic carbocycles. The average Bonchev–Trinajstić information content (AvgIpc) is 2.16. The van der Waals surface area contributed by atoms with Gasteiger partial charge in [-0.3, -0.25) is 9.59 Å². The van der Waals surface area contributed by atoms with Crippen molar-refractivity contribution in [3.05, 3.63) is 0 Å². The predicted octanol–water partition coefficient (Wildman–Crippen LogP) is 3.64. The Bertz CT molecular complexity index is 206. The van der Waals surface area contributed by atoms with Crippen molar-refractivity contribution in [3.8, 4) is 0 Å². The highest BCUT2D eigenvalue weighted by atomic mass is 16.5. The van der Waals surface area contributed by atoms with Crippen molar-refractivity contribution >= 4 is 11.9 Å². The summed E-state index contributed by atoms with van der Waals surface area (Å²) in [7, 11) is 0. The highest BCUT2D eigenvalue weighted by Crippen LogP contribution is 2.12. The Balaban J connectivity index is 0. The fourth-order valence-electron chi connectivity index (χ4n) is 1.62. The topological polar surface area (TPSA) is 63.6 Å². The summed E-state index contributed by atoms with van der Waals surface area (Å²) in [5, 5.41) is 7.42. The molecule has 108 valence electrons. The zero-order chi connectivity index (χ0) is 14.6. The van der Waals surface area contributed by atoms with Gasteiger partial charge in [-0.1, -0.05) is 40.0 Å². The number of carbonyl (C=O) groups excluding carboxylic acids is 1. The zero-order valence-electron chi connectivity index (χ0n) is 12.4. The molecule has 0 aromatic rings. The molecule has 0 saturated heterocycles. The van der Waals surface area contributed by atoms with E-state index in [1.807, 2.05) is 6.92 Å². The summed E-state index contributed by atoms with van der Waals surface area (Å²) in [6.07, 6.45) is 4.94. The quantitative estimate of drug-likeness (QED) is 0.710. The number of ether oxygens (including phenoxy) is 1. The first-order valence-corrected chi connectivity index (χ1v) is 6.72. The van der Waals surface area contributed by atoms with E-state index in [2.05, 4.69) is 20.8 Å². The van der Waals surface area contributed by atoms with Gasteiger partial charge in [-0.2, -0.15) is 0 Å². The van der Waals surface area contributed by atoms with E-state index in [9.17, 15) is 4.79 Å². The molecule has 0 heterocycles. The molecular weight excluding hydrogens is 232 g/mol. The van der Waals surface area contributed by atoms with Crippen LogP contribution < -0.4 is 0 Å². The van der Waals surface area contributed by atoms with Crippen LogP contribution in [0.25, 0.3) is 0 Å². The van der Waals surface area contributed by atoms with Gasteiger partial charge in [-0.15, -0.1) is 0 Å². The molecule has 0 aliphatic heterocycles. The van der Waals surface area contributed by atoms with Crippen LogP contribution in [0.3, 0.4) is 0 Å². The van der Waals surface area contributed by atoms with Crippen LogP contribution >= 0.6 is 0 Å². The van der Waals surface area contributed by atoms with Crippen molar-refractivity contribution in [2.24, 2.45) is 5.92 Å². The minimum Gasteiger partial charge on any atom is -0.481 e. The van der Waals surface area contributed by atoms with Crippen molar-refractivity contribution in [1.82, 2.24) is 0 Å². The van der Waals surface area contributed by atoms with Crippen molar-refractivity contribution in [2.45, 2.75) is 72.8 Å². The smallest absolute Gasteiger partial charge is 0.306 e. The summed E-state index contributed by atoms with van der Waals surface area (Å²) in [5.74, 6) is -0.409. The maximum Gasteiger partial charge on any atom is 0.306 e. The van der Waals surface area contributed by atoms with Crippen LogP contribution in [0, 0.1) is 5.92 Å². The minimum absolute atomic E-state index is 0.0353. The molecule has 0 radical (unpaired) electrons. The van der Waals surface area contributed by atoms with Crippen molar-refractivity contribution in [2.75, 3.05) is 0 Å². The Morgan fingerprint density at radius 2 is 1.56 bits per heavy atom. The van der Waals surface area contributed by atoms with Crippen LogP contribution in [0.15, 0.2) is 0 Å². The van der Waals surface area contributed by atoms with Crippen molar-refractivity contribution in [1.29, 1.82) is 0 Å². The van der Waals surface area contributed by atoms with E-state index in [1.165, 1.54) is 0 Å². The number of carbonyl (C=O) groups is 2. The molecule has 0 aromatic heterocycles. The maximum atomic E-state index is 11.4. The Morgan fingerprint density at radius 1 is 1.11 bits per heavy atom. The van der Waals surface area contributed by atoms with Gasteiger partial charge < -0.3 is 9.84 Å². The summed E-state index contributed by atoms with van der Waals surface area (Å²) in [4.78, 5) is 20.4. The molecule has 0 rings (SSSR count). The first-order valence-electron chi connectivity index (χ1n) is 6.72. The van der Waals surface area contributed by atoms with Gasteiger partial charge in [0.1, 0.15) is 0 Å². The van der Waals surface area contributed by atoms with E-state index in [0.29, 0.717) is 12.3 Å². The highest BCUT2D eigenvalue weighted by molar-refractivity contribution is 5.69. The molecule has 0 bridgehead atoms. The highest BCUT2D eigenvalue weighted by Gasteiger charge is 2.12. The van der Waals surface area contributed by atoms with Gasteiger partial charge >= 0.3 is 5.97 Å². The summed E-state index contributed by atoms with van der Waals surface area (Å²) < 4.78 is 5.27. The van der Waals surface area contributed by atoms with Crippen LogP contribution in [0.5, 0.6) is 0 Å². The summed E-state index contributed by atoms with van der Waals surface area (Å²) >= 11 is 0. The van der Waals surface area contributed by atoms with Crippen LogP contribution in [-0.4, -0.2) is 23.1 Å². The molecule has 0 saturated carbocycles. The Kier molecular flexibility index (Phi) is 13.3. The van der Waals surface area contributed by atoms with Gasteiger partial charge in [0.15, 0.2) is 0 Å². The summed E-state index contributed by atoms with van der Waals surface area (Å²) in [6.45, 7) is 9.40. The second kappa shape index (κ2) is 12.4. The molecule has 0 spiro atoms. The molecule has 1 N–H and O–H groups in total. The lowest BCUT2D eigenvalue weighted by atomic mass is 10.0. The molecule has 0 aliphatic rings. The van der Waals surface area contributed by atoms with Gasteiger partial charge in [0.2, 0.25) is 0 Å². The number of aliphatic carboxylic acids is 1. The van der Waals surface area contributed by atoms with E-state index >= 15 is 0 Å². The number of esters is 1. The number of carboxylic acid groups (broad SMARTS) is 1. The average molecular weight is 260 g/mol. The third-order valence-electron chi connectivity index (χ3n) is 2.32.